The third-order valence-corrected chi connectivity index (χ3v) is 6.98. The van der Waals surface area contributed by atoms with Crippen molar-refractivity contribution in [3.8, 4) is 0 Å². The molecule has 1 N–H and O–H groups in total. The third kappa shape index (κ3) is 2.98. The summed E-state index contributed by atoms with van der Waals surface area (Å²) in [5.41, 5.74) is 0. The van der Waals surface area contributed by atoms with E-state index in [2.05, 4.69) is 6.92 Å². The van der Waals surface area contributed by atoms with E-state index in [1.807, 2.05) is 0 Å². The normalized spacial score (nSPS) is 18.6. The van der Waals surface area contributed by atoms with Crippen LogP contribution in [0.2, 0.25) is 0 Å². The summed E-state index contributed by atoms with van der Waals surface area (Å²) in [6.45, 7) is 3.18. The molecule has 0 atom stereocenters. The van der Waals surface area contributed by atoms with Crippen molar-refractivity contribution >= 4 is 27.3 Å². The van der Waals surface area contributed by atoms with Crippen molar-refractivity contribution in [1.82, 2.24) is 4.31 Å². The topological polar surface area (TPSA) is 74.7 Å². The Bertz CT molecular complexity index is 556. The molecule has 19 heavy (non-hydrogen) atoms. The zero-order valence-corrected chi connectivity index (χ0v) is 12.3. The summed E-state index contributed by atoms with van der Waals surface area (Å²) in [5.74, 6) is -0.486. The Morgan fingerprint density at radius 2 is 2.05 bits per heavy atom. The molecule has 0 saturated carbocycles. The van der Waals surface area contributed by atoms with Crippen molar-refractivity contribution in [2.45, 2.75) is 30.4 Å². The van der Waals surface area contributed by atoms with E-state index in [1.165, 1.54) is 16.4 Å². The maximum atomic E-state index is 12.4. The van der Waals surface area contributed by atoms with Gasteiger partial charge in [-0.3, -0.25) is 0 Å². The van der Waals surface area contributed by atoms with Gasteiger partial charge in [0, 0.05) is 13.1 Å². The molecule has 1 fully saturated rings. The Labute approximate surface area is 116 Å². The number of aromatic carboxylic acids is 1. The Kier molecular flexibility index (Phi) is 4.27. The standard InChI is InChI=1S/C12H17NO4S2/c1-2-9-5-7-13(8-6-9)19(16,17)11-4-3-10(18-11)12(14)15/h3-4,9H,2,5-8H2,1H3,(H,14,15). The number of carbonyl (C=O) groups is 1. The van der Waals surface area contributed by atoms with E-state index in [0.29, 0.717) is 19.0 Å². The zero-order chi connectivity index (χ0) is 14.0. The Morgan fingerprint density at radius 3 is 2.53 bits per heavy atom. The predicted octanol–water partition coefficient (Wildman–Crippen LogP) is 2.26. The summed E-state index contributed by atoms with van der Waals surface area (Å²) in [6.07, 6.45) is 2.84. The number of carboxylic acids is 1. The highest BCUT2D eigenvalue weighted by molar-refractivity contribution is 7.91. The van der Waals surface area contributed by atoms with Gasteiger partial charge in [-0.25, -0.2) is 13.2 Å². The van der Waals surface area contributed by atoms with Gasteiger partial charge in [-0.15, -0.1) is 11.3 Å². The molecule has 2 heterocycles. The summed E-state index contributed by atoms with van der Waals surface area (Å²) >= 11 is 0.819. The first-order valence-electron chi connectivity index (χ1n) is 6.28. The monoisotopic (exact) mass is 303 g/mol. The van der Waals surface area contributed by atoms with Crippen LogP contribution in [-0.2, 0) is 10.0 Å². The molecule has 0 spiro atoms. The van der Waals surface area contributed by atoms with E-state index < -0.39 is 16.0 Å². The van der Waals surface area contributed by atoms with Gasteiger partial charge in [0.2, 0.25) is 0 Å². The third-order valence-electron chi connectivity index (χ3n) is 3.54. The fraction of sp³-hybridized carbons (Fsp3) is 0.583. The van der Waals surface area contributed by atoms with Crippen molar-refractivity contribution in [3.05, 3.63) is 17.0 Å². The van der Waals surface area contributed by atoms with Crippen molar-refractivity contribution < 1.29 is 18.3 Å². The van der Waals surface area contributed by atoms with E-state index >= 15 is 0 Å². The van der Waals surface area contributed by atoms with Crippen LogP contribution >= 0.6 is 11.3 Å². The maximum Gasteiger partial charge on any atom is 0.345 e. The summed E-state index contributed by atoms with van der Waals surface area (Å²) in [7, 11) is -3.52. The van der Waals surface area contributed by atoms with Crippen LogP contribution in [-0.4, -0.2) is 36.9 Å². The van der Waals surface area contributed by atoms with Crippen molar-refractivity contribution in [2.24, 2.45) is 5.92 Å². The van der Waals surface area contributed by atoms with Gasteiger partial charge in [0.25, 0.3) is 10.0 Å². The lowest BCUT2D eigenvalue weighted by Crippen LogP contribution is -2.37. The van der Waals surface area contributed by atoms with E-state index in [-0.39, 0.29) is 9.09 Å². The van der Waals surface area contributed by atoms with Crippen molar-refractivity contribution in [1.29, 1.82) is 0 Å². The van der Waals surface area contributed by atoms with Gasteiger partial charge in [-0.2, -0.15) is 4.31 Å². The largest absolute Gasteiger partial charge is 0.477 e. The van der Waals surface area contributed by atoms with Crippen LogP contribution in [0.25, 0.3) is 0 Å². The SMILES string of the molecule is CCC1CCN(S(=O)(=O)c2ccc(C(=O)O)s2)CC1. The molecular weight excluding hydrogens is 286 g/mol. The van der Waals surface area contributed by atoms with Crippen LogP contribution < -0.4 is 0 Å². The van der Waals surface area contributed by atoms with E-state index in [1.54, 1.807) is 0 Å². The minimum atomic E-state index is -3.52. The highest BCUT2D eigenvalue weighted by Crippen LogP contribution is 2.29. The fourth-order valence-electron chi connectivity index (χ4n) is 2.26. The van der Waals surface area contributed by atoms with Crippen molar-refractivity contribution in [3.63, 3.8) is 0 Å². The lowest BCUT2D eigenvalue weighted by Gasteiger charge is -2.30. The van der Waals surface area contributed by atoms with Crippen LogP contribution in [0.5, 0.6) is 0 Å². The van der Waals surface area contributed by atoms with Crippen molar-refractivity contribution in [2.75, 3.05) is 13.1 Å². The first kappa shape index (κ1) is 14.5. The van der Waals surface area contributed by atoms with Crippen LogP contribution in [0.4, 0.5) is 0 Å². The van der Waals surface area contributed by atoms with Gasteiger partial charge in [0.1, 0.15) is 9.09 Å². The van der Waals surface area contributed by atoms with E-state index in [0.717, 1.165) is 30.6 Å². The van der Waals surface area contributed by atoms with Crippen LogP contribution in [0.3, 0.4) is 0 Å². The first-order chi connectivity index (χ1) is 8.95. The second-order valence-corrected chi connectivity index (χ2v) is 7.93. The van der Waals surface area contributed by atoms with Gasteiger partial charge in [0.15, 0.2) is 0 Å². The molecular formula is C12H17NO4S2. The number of carboxylic acid groups (broad SMARTS) is 1. The summed E-state index contributed by atoms with van der Waals surface area (Å²) in [6, 6.07) is 2.73. The Morgan fingerprint density at radius 1 is 1.42 bits per heavy atom. The molecule has 1 aromatic rings. The average molecular weight is 303 g/mol. The number of rotatable bonds is 4. The van der Waals surface area contributed by atoms with Gasteiger partial charge in [-0.1, -0.05) is 13.3 Å². The smallest absolute Gasteiger partial charge is 0.345 e. The molecule has 2 rings (SSSR count). The lowest BCUT2D eigenvalue weighted by atomic mass is 9.96. The van der Waals surface area contributed by atoms with E-state index in [4.69, 9.17) is 5.11 Å². The lowest BCUT2D eigenvalue weighted by molar-refractivity contribution is 0.0702. The molecule has 0 bridgehead atoms. The summed E-state index contributed by atoms with van der Waals surface area (Å²) in [4.78, 5) is 10.9. The molecule has 1 aliphatic heterocycles. The highest BCUT2D eigenvalue weighted by Gasteiger charge is 2.30. The zero-order valence-electron chi connectivity index (χ0n) is 10.7. The Balaban J connectivity index is 2.16. The minimum Gasteiger partial charge on any atom is -0.477 e. The minimum absolute atomic E-state index is 0.0574. The van der Waals surface area contributed by atoms with Gasteiger partial charge in [0.05, 0.1) is 0 Å². The molecule has 0 aliphatic carbocycles. The van der Waals surface area contributed by atoms with E-state index in [9.17, 15) is 13.2 Å². The molecule has 1 aliphatic rings. The van der Waals surface area contributed by atoms with Gasteiger partial charge in [-0.05, 0) is 30.9 Å². The number of sulfonamides is 1. The maximum absolute atomic E-state index is 12.4. The summed E-state index contributed by atoms with van der Waals surface area (Å²) in [5, 5.41) is 8.84. The van der Waals surface area contributed by atoms with Gasteiger partial charge >= 0.3 is 5.97 Å². The Hall–Kier alpha value is -0.920. The number of hydrogen-bond acceptors (Lipinski definition) is 4. The number of nitrogens with zero attached hydrogens (tertiary/aromatic N) is 1. The molecule has 0 amide bonds. The quantitative estimate of drug-likeness (QED) is 0.925. The van der Waals surface area contributed by atoms with Gasteiger partial charge < -0.3 is 5.11 Å². The number of piperidine rings is 1. The van der Waals surface area contributed by atoms with Crippen LogP contribution in [0.15, 0.2) is 16.3 Å². The molecule has 0 radical (unpaired) electrons. The van der Waals surface area contributed by atoms with Crippen LogP contribution in [0.1, 0.15) is 35.9 Å². The van der Waals surface area contributed by atoms with Crippen LogP contribution in [0, 0.1) is 5.92 Å². The molecule has 106 valence electrons. The molecule has 0 unspecified atom stereocenters. The average Bonchev–Trinajstić information content (AvgIpc) is 2.89. The summed E-state index contributed by atoms with van der Waals surface area (Å²) < 4.78 is 26.3. The second kappa shape index (κ2) is 5.60. The molecule has 0 aromatic carbocycles. The molecule has 7 heteroatoms. The molecule has 5 nitrogen and oxygen atoms in total. The fourth-order valence-corrected chi connectivity index (χ4v) is 5.03. The second-order valence-electron chi connectivity index (χ2n) is 4.68. The number of hydrogen-bond donors (Lipinski definition) is 1. The highest BCUT2D eigenvalue weighted by atomic mass is 32.2. The molecule has 1 saturated heterocycles. The first-order valence-corrected chi connectivity index (χ1v) is 8.54. The molecule has 1 aromatic heterocycles. The number of thiophene rings is 1. The predicted molar refractivity (Wildman–Crippen MR) is 73.1 cm³/mol.